The number of amides is 2. The van der Waals surface area contributed by atoms with Gasteiger partial charge in [-0.25, -0.2) is 0 Å². The Bertz CT molecular complexity index is 1610. The van der Waals surface area contributed by atoms with E-state index in [0.29, 0.717) is 30.6 Å². The summed E-state index contributed by atoms with van der Waals surface area (Å²) in [5.74, 6) is -0.947. The lowest BCUT2D eigenvalue weighted by Gasteiger charge is -2.26. The molecule has 5 rings (SSSR count). The second-order valence-corrected chi connectivity index (χ2v) is 11.4. The second-order valence-electron chi connectivity index (χ2n) is 11.4. The van der Waals surface area contributed by atoms with Crippen LogP contribution in [0, 0.1) is 13.8 Å². The molecule has 0 bridgehead atoms. The maximum Gasteiger partial charge on any atom is 0.303 e. The van der Waals surface area contributed by atoms with E-state index in [4.69, 9.17) is 5.11 Å². The first-order valence-corrected chi connectivity index (χ1v) is 14.7. The highest BCUT2D eigenvalue weighted by atomic mass is 16.4. The lowest BCUT2D eigenvalue weighted by Crippen LogP contribution is -2.35. The highest BCUT2D eigenvalue weighted by Crippen LogP contribution is 2.28. The minimum atomic E-state index is -0.837. The first-order valence-electron chi connectivity index (χ1n) is 14.7. The van der Waals surface area contributed by atoms with E-state index in [0.717, 1.165) is 59.1 Å². The van der Waals surface area contributed by atoms with Crippen molar-refractivity contribution in [3.8, 4) is 0 Å². The third-order valence-electron chi connectivity index (χ3n) is 8.10. The summed E-state index contributed by atoms with van der Waals surface area (Å²) in [5.41, 5.74) is 6.21. The Morgan fingerprint density at radius 3 is 2.52 bits per heavy atom. The monoisotopic (exact) mass is 569 g/mol. The minimum absolute atomic E-state index is 0.0645. The maximum absolute atomic E-state index is 13.7. The number of rotatable bonds is 10. The number of carbonyl (C=O) groups is 3. The Kier molecular flexibility index (Phi) is 8.75. The van der Waals surface area contributed by atoms with Gasteiger partial charge in [-0.2, -0.15) is 5.10 Å². The van der Waals surface area contributed by atoms with Crippen LogP contribution in [0.4, 0.5) is 5.69 Å². The fraction of sp³-hybridized carbons (Fsp3) is 0.394. The SMILES string of the molecule is Cc1cnn(Cc2ccc(CCCC(=O)O)c(NC(=O)C(C)n3cc(C)c4cc(C(=O)N5CCCCC5)ccc43)c2)c1. The topological polar surface area (TPSA) is 109 Å². The molecular formula is C33H39N5O4. The van der Waals surface area contributed by atoms with Crippen molar-refractivity contribution >= 4 is 34.4 Å². The van der Waals surface area contributed by atoms with E-state index in [2.05, 4.69) is 10.4 Å². The van der Waals surface area contributed by atoms with Crippen molar-refractivity contribution in [2.45, 2.75) is 71.9 Å². The van der Waals surface area contributed by atoms with Gasteiger partial charge < -0.3 is 19.9 Å². The average molecular weight is 570 g/mol. The van der Waals surface area contributed by atoms with Crippen LogP contribution >= 0.6 is 0 Å². The van der Waals surface area contributed by atoms with Crippen molar-refractivity contribution in [2.75, 3.05) is 18.4 Å². The second kappa shape index (κ2) is 12.6. The summed E-state index contributed by atoms with van der Waals surface area (Å²) in [6.45, 7) is 8.01. The van der Waals surface area contributed by atoms with Crippen LogP contribution in [0.5, 0.6) is 0 Å². The summed E-state index contributed by atoms with van der Waals surface area (Å²) < 4.78 is 3.80. The lowest BCUT2D eigenvalue weighted by molar-refractivity contribution is -0.137. The number of benzene rings is 2. The third-order valence-corrected chi connectivity index (χ3v) is 8.10. The van der Waals surface area contributed by atoms with Gasteiger partial charge in [-0.1, -0.05) is 12.1 Å². The summed E-state index contributed by atoms with van der Waals surface area (Å²) in [5, 5.41) is 17.6. The number of nitrogens with one attached hydrogen (secondary N) is 1. The molecule has 1 atom stereocenters. The largest absolute Gasteiger partial charge is 0.481 e. The predicted molar refractivity (Wildman–Crippen MR) is 163 cm³/mol. The van der Waals surface area contributed by atoms with Crippen LogP contribution in [0.25, 0.3) is 10.9 Å². The average Bonchev–Trinajstić information content (AvgIpc) is 3.55. The molecule has 2 aromatic carbocycles. The quantitative estimate of drug-likeness (QED) is 0.253. The molecule has 4 aromatic rings. The molecule has 1 saturated heterocycles. The number of likely N-dealkylation sites (tertiary alicyclic amines) is 1. The molecule has 1 unspecified atom stereocenters. The van der Waals surface area contributed by atoms with Crippen molar-refractivity contribution in [1.29, 1.82) is 0 Å². The molecule has 2 amide bonds. The molecule has 0 saturated carbocycles. The summed E-state index contributed by atoms with van der Waals surface area (Å²) in [7, 11) is 0. The van der Waals surface area contributed by atoms with Gasteiger partial charge in [0.25, 0.3) is 5.91 Å². The number of aliphatic carboxylic acids is 1. The molecule has 9 nitrogen and oxygen atoms in total. The van der Waals surface area contributed by atoms with Crippen molar-refractivity contribution in [1.82, 2.24) is 19.2 Å². The minimum Gasteiger partial charge on any atom is -0.481 e. The number of nitrogens with zero attached hydrogens (tertiary/aromatic N) is 4. The summed E-state index contributed by atoms with van der Waals surface area (Å²) >= 11 is 0. The predicted octanol–water partition coefficient (Wildman–Crippen LogP) is 5.74. The van der Waals surface area contributed by atoms with E-state index in [9.17, 15) is 14.4 Å². The van der Waals surface area contributed by atoms with Gasteiger partial charge in [0.15, 0.2) is 0 Å². The van der Waals surface area contributed by atoms with Gasteiger partial charge in [-0.3, -0.25) is 19.1 Å². The number of hydrogen-bond donors (Lipinski definition) is 2. The van der Waals surface area contributed by atoms with Gasteiger partial charge in [0.2, 0.25) is 5.91 Å². The number of fused-ring (bicyclic) bond motifs is 1. The molecule has 1 aliphatic rings. The van der Waals surface area contributed by atoms with E-state index in [1.165, 1.54) is 6.42 Å². The van der Waals surface area contributed by atoms with E-state index >= 15 is 0 Å². The number of hydrogen-bond acceptors (Lipinski definition) is 4. The van der Waals surface area contributed by atoms with Gasteiger partial charge in [-0.15, -0.1) is 0 Å². The molecule has 1 aliphatic heterocycles. The zero-order valence-corrected chi connectivity index (χ0v) is 24.6. The molecule has 2 aromatic heterocycles. The molecule has 0 radical (unpaired) electrons. The summed E-state index contributed by atoms with van der Waals surface area (Å²) in [4.78, 5) is 39.8. The van der Waals surface area contributed by atoms with Crippen LogP contribution in [0.2, 0.25) is 0 Å². The standard InChI is InChI=1S/C33H39N5O4/c1-22-18-34-37(19-22)21-25-10-11-26(8-7-9-31(39)40)29(16-25)35-32(41)24(3)38-20-23(2)28-17-27(12-13-30(28)38)33(42)36-14-5-4-6-15-36/h10-13,16-20,24H,4-9,14-15,21H2,1-3H3,(H,35,41)(H,39,40). The van der Waals surface area contributed by atoms with Crippen LogP contribution in [-0.2, 0) is 22.6 Å². The highest BCUT2D eigenvalue weighted by molar-refractivity contribution is 6.00. The normalized spacial score (nSPS) is 14.2. The molecule has 9 heteroatoms. The number of carboxylic acids is 1. The molecule has 220 valence electrons. The Hall–Kier alpha value is -4.40. The number of anilines is 1. The number of aryl methyl sites for hydroxylation is 3. The van der Waals surface area contributed by atoms with E-state index in [-0.39, 0.29) is 18.2 Å². The van der Waals surface area contributed by atoms with Gasteiger partial charge in [-0.05, 0) is 99.4 Å². The van der Waals surface area contributed by atoms with Crippen molar-refractivity contribution < 1.29 is 19.5 Å². The summed E-state index contributed by atoms with van der Waals surface area (Å²) in [6.07, 6.45) is 10.1. The van der Waals surface area contributed by atoms with Crippen LogP contribution in [0.1, 0.15) is 77.7 Å². The Morgan fingerprint density at radius 1 is 1.02 bits per heavy atom. The Labute approximate surface area is 246 Å². The zero-order chi connectivity index (χ0) is 29.8. The fourth-order valence-corrected chi connectivity index (χ4v) is 5.75. The molecule has 3 heterocycles. The van der Waals surface area contributed by atoms with E-state index < -0.39 is 12.0 Å². The molecular weight excluding hydrogens is 530 g/mol. The van der Waals surface area contributed by atoms with Crippen molar-refractivity contribution in [3.63, 3.8) is 0 Å². The number of piperidine rings is 1. The molecule has 0 spiro atoms. The summed E-state index contributed by atoms with van der Waals surface area (Å²) in [6, 6.07) is 11.1. The first-order chi connectivity index (χ1) is 20.2. The zero-order valence-electron chi connectivity index (χ0n) is 24.6. The first kappa shape index (κ1) is 29.1. The number of carbonyl (C=O) groups excluding carboxylic acids is 2. The smallest absolute Gasteiger partial charge is 0.303 e. The highest BCUT2D eigenvalue weighted by Gasteiger charge is 2.22. The van der Waals surface area contributed by atoms with E-state index in [1.54, 1.807) is 6.20 Å². The van der Waals surface area contributed by atoms with Crippen LogP contribution in [-0.4, -0.2) is 55.2 Å². The van der Waals surface area contributed by atoms with Crippen molar-refractivity contribution in [2.24, 2.45) is 0 Å². The van der Waals surface area contributed by atoms with Crippen molar-refractivity contribution in [3.05, 3.63) is 82.8 Å². The van der Waals surface area contributed by atoms with Crippen LogP contribution < -0.4 is 5.32 Å². The fourth-order valence-electron chi connectivity index (χ4n) is 5.75. The van der Waals surface area contributed by atoms with Crippen LogP contribution in [0.15, 0.2) is 55.0 Å². The third kappa shape index (κ3) is 6.56. The number of aromatic nitrogens is 3. The lowest BCUT2D eigenvalue weighted by atomic mass is 10.0. The molecule has 2 N–H and O–H groups in total. The molecule has 1 fully saturated rings. The molecule has 0 aliphatic carbocycles. The van der Waals surface area contributed by atoms with Gasteiger partial charge in [0, 0.05) is 54.1 Å². The van der Waals surface area contributed by atoms with Gasteiger partial charge >= 0.3 is 5.97 Å². The van der Waals surface area contributed by atoms with E-state index in [1.807, 2.05) is 83.7 Å². The van der Waals surface area contributed by atoms with Gasteiger partial charge in [0.05, 0.1) is 12.7 Å². The Morgan fingerprint density at radius 2 is 1.81 bits per heavy atom. The maximum atomic E-state index is 13.7. The Balaban J connectivity index is 1.37. The number of carboxylic acid groups (broad SMARTS) is 1. The molecule has 42 heavy (non-hydrogen) atoms. The van der Waals surface area contributed by atoms with Crippen LogP contribution in [0.3, 0.4) is 0 Å². The van der Waals surface area contributed by atoms with Gasteiger partial charge in [0.1, 0.15) is 6.04 Å².